The standard InChI is InChI=1S/C24H28N2O6/c1-3-8-20(21(27)25-14-24(2,31)22(28)29)26-23(30)32-13-19-17-11-6-4-9-15(17)16-10-5-7-12-18(16)19/h4-7,9-12,19-20,31H,3,8,13-14H2,1-2H3,(H,25,27)(H,26,30)(H,28,29). The first-order valence-corrected chi connectivity index (χ1v) is 10.6. The van der Waals surface area contributed by atoms with Crippen molar-refractivity contribution in [3.63, 3.8) is 0 Å². The van der Waals surface area contributed by atoms with E-state index in [-0.39, 0.29) is 12.5 Å². The minimum atomic E-state index is -2.10. The number of aliphatic carboxylic acids is 1. The molecule has 3 rings (SSSR count). The van der Waals surface area contributed by atoms with E-state index >= 15 is 0 Å². The summed E-state index contributed by atoms with van der Waals surface area (Å²) in [6.07, 6.45) is 0.216. The summed E-state index contributed by atoms with van der Waals surface area (Å²) in [5.41, 5.74) is 2.30. The zero-order chi connectivity index (χ0) is 23.3. The number of hydrogen-bond donors (Lipinski definition) is 4. The van der Waals surface area contributed by atoms with Gasteiger partial charge in [0, 0.05) is 5.92 Å². The Morgan fingerprint density at radius 1 is 1.06 bits per heavy atom. The van der Waals surface area contributed by atoms with Crippen molar-refractivity contribution in [1.82, 2.24) is 10.6 Å². The molecule has 0 fully saturated rings. The maximum absolute atomic E-state index is 12.5. The normalized spacial score (nSPS) is 15.1. The van der Waals surface area contributed by atoms with Crippen LogP contribution in [0.4, 0.5) is 4.79 Å². The molecule has 0 aliphatic heterocycles. The second-order valence-corrected chi connectivity index (χ2v) is 8.11. The summed E-state index contributed by atoms with van der Waals surface area (Å²) in [6, 6.07) is 15.1. The number of ether oxygens (including phenoxy) is 1. The highest BCUT2D eigenvalue weighted by Crippen LogP contribution is 2.44. The number of aliphatic hydroxyl groups is 1. The lowest BCUT2D eigenvalue weighted by Gasteiger charge is -2.22. The Labute approximate surface area is 186 Å². The van der Waals surface area contributed by atoms with Crippen LogP contribution in [0.2, 0.25) is 0 Å². The number of carboxylic acid groups (broad SMARTS) is 1. The third-order valence-electron chi connectivity index (χ3n) is 5.60. The van der Waals surface area contributed by atoms with Crippen molar-refractivity contribution >= 4 is 18.0 Å². The Bertz CT molecular complexity index is 958. The number of carboxylic acids is 1. The van der Waals surface area contributed by atoms with E-state index in [1.165, 1.54) is 0 Å². The molecular formula is C24H28N2O6. The van der Waals surface area contributed by atoms with Crippen LogP contribution in [0.15, 0.2) is 48.5 Å². The molecule has 0 spiro atoms. The van der Waals surface area contributed by atoms with Gasteiger partial charge in [-0.2, -0.15) is 0 Å². The van der Waals surface area contributed by atoms with E-state index in [4.69, 9.17) is 9.84 Å². The number of hydrogen-bond acceptors (Lipinski definition) is 5. The molecule has 0 saturated heterocycles. The SMILES string of the molecule is CCCC(NC(=O)OCC1c2ccccc2-c2ccccc21)C(=O)NCC(C)(O)C(=O)O. The van der Waals surface area contributed by atoms with E-state index in [1.807, 2.05) is 55.5 Å². The van der Waals surface area contributed by atoms with Crippen LogP contribution < -0.4 is 10.6 Å². The van der Waals surface area contributed by atoms with Gasteiger partial charge in [-0.3, -0.25) is 4.79 Å². The van der Waals surface area contributed by atoms with Crippen molar-refractivity contribution in [2.45, 2.75) is 44.2 Å². The number of amides is 2. The Balaban J connectivity index is 1.61. The molecule has 2 aromatic rings. The first-order chi connectivity index (χ1) is 15.2. The Morgan fingerprint density at radius 2 is 1.62 bits per heavy atom. The first kappa shape index (κ1) is 23.3. The van der Waals surface area contributed by atoms with E-state index in [2.05, 4.69) is 10.6 Å². The molecule has 4 N–H and O–H groups in total. The minimum Gasteiger partial charge on any atom is -0.479 e. The number of rotatable bonds is 9. The van der Waals surface area contributed by atoms with Crippen LogP contribution >= 0.6 is 0 Å². The van der Waals surface area contributed by atoms with Crippen LogP contribution in [0.1, 0.15) is 43.7 Å². The van der Waals surface area contributed by atoms with Gasteiger partial charge in [0.25, 0.3) is 0 Å². The molecule has 8 nitrogen and oxygen atoms in total. The van der Waals surface area contributed by atoms with Gasteiger partial charge < -0.3 is 25.6 Å². The van der Waals surface area contributed by atoms with Gasteiger partial charge in [0.1, 0.15) is 12.6 Å². The second-order valence-electron chi connectivity index (χ2n) is 8.11. The van der Waals surface area contributed by atoms with Crippen LogP contribution in [0, 0.1) is 0 Å². The van der Waals surface area contributed by atoms with E-state index in [9.17, 15) is 19.5 Å². The lowest BCUT2D eigenvalue weighted by molar-refractivity contribution is -0.156. The van der Waals surface area contributed by atoms with Crippen LogP contribution in [-0.2, 0) is 14.3 Å². The van der Waals surface area contributed by atoms with Gasteiger partial charge in [0.15, 0.2) is 5.60 Å². The van der Waals surface area contributed by atoms with E-state index < -0.39 is 36.2 Å². The van der Waals surface area contributed by atoms with Gasteiger partial charge in [-0.05, 0) is 35.6 Å². The van der Waals surface area contributed by atoms with Gasteiger partial charge in [0.2, 0.25) is 5.91 Å². The molecule has 1 aliphatic carbocycles. The lowest BCUT2D eigenvalue weighted by Crippen LogP contribution is -2.52. The highest BCUT2D eigenvalue weighted by Gasteiger charge is 2.32. The van der Waals surface area contributed by atoms with Crippen molar-refractivity contribution in [2.24, 2.45) is 0 Å². The highest BCUT2D eigenvalue weighted by molar-refractivity contribution is 5.86. The van der Waals surface area contributed by atoms with Crippen molar-refractivity contribution < 1.29 is 29.3 Å². The molecule has 2 atom stereocenters. The zero-order valence-corrected chi connectivity index (χ0v) is 18.1. The Morgan fingerprint density at radius 3 is 2.16 bits per heavy atom. The van der Waals surface area contributed by atoms with E-state index in [0.717, 1.165) is 29.2 Å². The molecule has 0 aromatic heterocycles. The average molecular weight is 440 g/mol. The molecule has 2 unspecified atom stereocenters. The largest absolute Gasteiger partial charge is 0.479 e. The topological polar surface area (TPSA) is 125 Å². The second kappa shape index (κ2) is 9.82. The summed E-state index contributed by atoms with van der Waals surface area (Å²) in [5.74, 6) is -2.13. The van der Waals surface area contributed by atoms with Crippen molar-refractivity contribution in [3.8, 4) is 11.1 Å². The summed E-state index contributed by atoms with van der Waals surface area (Å²) in [7, 11) is 0. The number of alkyl carbamates (subject to hydrolysis) is 1. The zero-order valence-electron chi connectivity index (χ0n) is 18.1. The summed E-state index contributed by atoms with van der Waals surface area (Å²) in [4.78, 5) is 35.9. The van der Waals surface area contributed by atoms with Crippen molar-refractivity contribution in [1.29, 1.82) is 0 Å². The fourth-order valence-corrected chi connectivity index (χ4v) is 3.80. The molecule has 0 saturated carbocycles. The first-order valence-electron chi connectivity index (χ1n) is 10.6. The molecule has 170 valence electrons. The third kappa shape index (κ3) is 5.08. The molecular weight excluding hydrogens is 412 g/mol. The van der Waals surface area contributed by atoms with E-state index in [0.29, 0.717) is 12.8 Å². The van der Waals surface area contributed by atoms with Gasteiger partial charge >= 0.3 is 12.1 Å². The fourth-order valence-electron chi connectivity index (χ4n) is 3.80. The molecule has 2 amide bonds. The maximum Gasteiger partial charge on any atom is 0.407 e. The van der Waals surface area contributed by atoms with Gasteiger partial charge in [-0.15, -0.1) is 0 Å². The van der Waals surface area contributed by atoms with E-state index in [1.54, 1.807) is 0 Å². The monoisotopic (exact) mass is 440 g/mol. The van der Waals surface area contributed by atoms with Gasteiger partial charge in [0.05, 0.1) is 6.54 Å². The third-order valence-corrected chi connectivity index (χ3v) is 5.60. The number of carbonyl (C=O) groups excluding carboxylic acids is 2. The molecule has 1 aliphatic rings. The Kier molecular flexibility index (Phi) is 7.15. The smallest absolute Gasteiger partial charge is 0.407 e. The van der Waals surface area contributed by atoms with Crippen molar-refractivity contribution in [3.05, 3.63) is 59.7 Å². The maximum atomic E-state index is 12.5. The predicted octanol–water partition coefficient (Wildman–Crippen LogP) is 2.65. The number of fused-ring (bicyclic) bond motifs is 3. The van der Waals surface area contributed by atoms with Crippen LogP contribution in [-0.4, -0.2) is 53.0 Å². The summed E-state index contributed by atoms with van der Waals surface area (Å²) >= 11 is 0. The van der Waals surface area contributed by atoms with Gasteiger partial charge in [-0.25, -0.2) is 9.59 Å². The molecule has 32 heavy (non-hydrogen) atoms. The number of nitrogens with one attached hydrogen (secondary N) is 2. The Hall–Kier alpha value is -3.39. The summed E-state index contributed by atoms with van der Waals surface area (Å²) in [6.45, 7) is 2.58. The molecule has 0 bridgehead atoms. The van der Waals surface area contributed by atoms with Gasteiger partial charge in [-0.1, -0.05) is 61.9 Å². The van der Waals surface area contributed by atoms with Crippen LogP contribution in [0.3, 0.4) is 0 Å². The van der Waals surface area contributed by atoms with Crippen molar-refractivity contribution in [2.75, 3.05) is 13.2 Å². The number of benzene rings is 2. The molecule has 0 heterocycles. The molecule has 0 radical (unpaired) electrons. The molecule has 8 heteroatoms. The predicted molar refractivity (Wildman–Crippen MR) is 118 cm³/mol. The lowest BCUT2D eigenvalue weighted by atomic mass is 9.98. The summed E-state index contributed by atoms with van der Waals surface area (Å²) < 4.78 is 5.48. The molecule has 2 aromatic carbocycles. The highest BCUT2D eigenvalue weighted by atomic mass is 16.5. The average Bonchev–Trinajstić information content (AvgIpc) is 3.09. The van der Waals surface area contributed by atoms with Crippen LogP contribution in [0.25, 0.3) is 11.1 Å². The number of carbonyl (C=O) groups is 3. The minimum absolute atomic E-state index is 0.0998. The quantitative estimate of drug-likeness (QED) is 0.475. The van der Waals surface area contributed by atoms with Crippen LogP contribution in [0.5, 0.6) is 0 Å². The summed E-state index contributed by atoms with van der Waals surface area (Å²) in [5, 5.41) is 23.7. The fraction of sp³-hybridized carbons (Fsp3) is 0.375.